The first-order chi connectivity index (χ1) is 13.2. The number of anilines is 1. The largest absolute Gasteiger partial charge is 0.445 e. The summed E-state index contributed by atoms with van der Waals surface area (Å²) in [6.07, 6.45) is 4.63. The van der Waals surface area contributed by atoms with Crippen molar-refractivity contribution in [3.8, 4) is 0 Å². The maximum Gasteiger partial charge on any atom is 0.407 e. The highest BCUT2D eigenvalue weighted by atomic mass is 16.5. The maximum atomic E-state index is 11.6. The Morgan fingerprint density at radius 2 is 1.81 bits per heavy atom. The Labute approximate surface area is 157 Å². The van der Waals surface area contributed by atoms with E-state index in [1.54, 1.807) is 12.1 Å². The number of nitrogens with one attached hydrogen (secondary N) is 2. The molecular weight excluding hydrogens is 346 g/mol. The summed E-state index contributed by atoms with van der Waals surface area (Å²) in [4.78, 5) is 23.1. The fourth-order valence-corrected chi connectivity index (χ4v) is 2.22. The van der Waals surface area contributed by atoms with Crippen molar-refractivity contribution in [1.82, 2.24) is 5.32 Å². The molecule has 27 heavy (non-hydrogen) atoms. The minimum atomic E-state index is -0.527. The van der Waals surface area contributed by atoms with Gasteiger partial charge in [-0.05, 0) is 23.6 Å². The molecule has 0 radical (unpaired) electrons. The van der Waals surface area contributed by atoms with E-state index in [-0.39, 0.29) is 6.61 Å². The lowest BCUT2D eigenvalue weighted by atomic mass is 10.1. The quantitative estimate of drug-likeness (QED) is 0.288. The van der Waals surface area contributed by atoms with Gasteiger partial charge in [0, 0.05) is 12.2 Å². The number of amides is 2. The summed E-state index contributed by atoms with van der Waals surface area (Å²) in [6.45, 7) is 0.655. The van der Waals surface area contributed by atoms with E-state index in [2.05, 4.69) is 15.8 Å². The Bertz CT molecular complexity index is 804. The normalized spacial score (nSPS) is 10.8. The van der Waals surface area contributed by atoms with Crippen LogP contribution in [0, 0.1) is 0 Å². The molecule has 0 unspecified atom stereocenters. The first-order valence-corrected chi connectivity index (χ1v) is 8.37. The third-order valence-electron chi connectivity index (χ3n) is 3.48. The minimum Gasteiger partial charge on any atom is -0.445 e. The standard InChI is InChI=1S/C20H21N3O4/c24-19(14-22-26)23-18-12-5-4-10-17(18)11-6-7-13-21-20(25)27-15-16-8-2-1-3-9-16/h1-6,8-12,14,26H,7,13,15H2,(H,21,25)(H,23,24). The molecular formula is C20H21N3O4. The van der Waals surface area contributed by atoms with Gasteiger partial charge in [-0.15, -0.1) is 0 Å². The van der Waals surface area contributed by atoms with Crippen LogP contribution >= 0.6 is 0 Å². The van der Waals surface area contributed by atoms with Crippen molar-refractivity contribution in [2.24, 2.45) is 5.16 Å². The second kappa shape index (κ2) is 11.1. The summed E-state index contributed by atoms with van der Waals surface area (Å²) in [5, 5.41) is 16.4. The summed E-state index contributed by atoms with van der Waals surface area (Å²) < 4.78 is 5.12. The molecule has 2 amide bonds. The number of nitrogens with zero attached hydrogens (tertiary/aromatic N) is 1. The van der Waals surface area contributed by atoms with E-state index in [0.29, 0.717) is 18.7 Å². The molecule has 0 fully saturated rings. The SMILES string of the molecule is O=C(C=NO)Nc1ccccc1C=CCCNC(=O)OCc1ccccc1. The van der Waals surface area contributed by atoms with Crippen molar-refractivity contribution in [3.05, 3.63) is 71.8 Å². The van der Waals surface area contributed by atoms with Crippen LogP contribution in [-0.2, 0) is 16.1 Å². The highest BCUT2D eigenvalue weighted by Gasteiger charge is 2.03. The van der Waals surface area contributed by atoms with Crippen LogP contribution < -0.4 is 10.6 Å². The topological polar surface area (TPSA) is 100 Å². The van der Waals surface area contributed by atoms with E-state index in [0.717, 1.165) is 17.3 Å². The van der Waals surface area contributed by atoms with Crippen LogP contribution in [0.5, 0.6) is 0 Å². The molecule has 0 atom stereocenters. The molecule has 140 valence electrons. The lowest BCUT2D eigenvalue weighted by Crippen LogP contribution is -2.24. The van der Waals surface area contributed by atoms with E-state index in [4.69, 9.17) is 9.94 Å². The van der Waals surface area contributed by atoms with Crippen molar-refractivity contribution in [1.29, 1.82) is 0 Å². The van der Waals surface area contributed by atoms with E-state index < -0.39 is 12.0 Å². The molecule has 2 rings (SSSR count). The highest BCUT2D eigenvalue weighted by Crippen LogP contribution is 2.16. The van der Waals surface area contributed by atoms with Gasteiger partial charge in [0.15, 0.2) is 0 Å². The molecule has 0 aliphatic carbocycles. The zero-order chi connectivity index (χ0) is 19.3. The molecule has 2 aromatic rings. The van der Waals surface area contributed by atoms with Gasteiger partial charge < -0.3 is 20.6 Å². The van der Waals surface area contributed by atoms with E-state index >= 15 is 0 Å². The number of para-hydroxylation sites is 1. The molecule has 3 N–H and O–H groups in total. The average molecular weight is 367 g/mol. The van der Waals surface area contributed by atoms with Gasteiger partial charge >= 0.3 is 6.09 Å². The summed E-state index contributed by atoms with van der Waals surface area (Å²) >= 11 is 0. The predicted molar refractivity (Wildman–Crippen MR) is 104 cm³/mol. The monoisotopic (exact) mass is 367 g/mol. The smallest absolute Gasteiger partial charge is 0.407 e. The number of oxime groups is 1. The Balaban J connectivity index is 1.74. The second-order valence-corrected chi connectivity index (χ2v) is 5.50. The number of benzene rings is 2. The summed E-state index contributed by atoms with van der Waals surface area (Å²) in [5.41, 5.74) is 2.31. The molecule has 0 spiro atoms. The molecule has 0 heterocycles. The van der Waals surface area contributed by atoms with Crippen LogP contribution in [0.4, 0.5) is 10.5 Å². The van der Waals surface area contributed by atoms with Gasteiger partial charge in [-0.1, -0.05) is 65.8 Å². The number of ether oxygens (including phenoxy) is 1. The summed E-state index contributed by atoms with van der Waals surface area (Å²) in [5.74, 6) is -0.527. The van der Waals surface area contributed by atoms with Gasteiger partial charge in [-0.3, -0.25) is 4.79 Å². The third kappa shape index (κ3) is 7.43. The van der Waals surface area contributed by atoms with Gasteiger partial charge in [0.2, 0.25) is 0 Å². The fraction of sp³-hybridized carbons (Fsp3) is 0.150. The Kier molecular flexibility index (Phi) is 8.10. The second-order valence-electron chi connectivity index (χ2n) is 5.50. The average Bonchev–Trinajstić information content (AvgIpc) is 2.68. The summed E-state index contributed by atoms with van der Waals surface area (Å²) in [7, 11) is 0. The minimum absolute atomic E-state index is 0.229. The van der Waals surface area contributed by atoms with Crippen molar-refractivity contribution in [2.45, 2.75) is 13.0 Å². The lowest BCUT2D eigenvalue weighted by molar-refractivity contribution is -0.110. The molecule has 0 aliphatic rings. The highest BCUT2D eigenvalue weighted by molar-refractivity contribution is 6.31. The number of hydrogen-bond acceptors (Lipinski definition) is 5. The van der Waals surface area contributed by atoms with Gasteiger partial charge in [0.1, 0.15) is 12.8 Å². The van der Waals surface area contributed by atoms with Crippen LogP contribution in [0.1, 0.15) is 17.5 Å². The van der Waals surface area contributed by atoms with Crippen LogP contribution in [0.15, 0.2) is 65.8 Å². The lowest BCUT2D eigenvalue weighted by Gasteiger charge is -2.07. The number of hydrogen-bond donors (Lipinski definition) is 3. The zero-order valence-electron chi connectivity index (χ0n) is 14.7. The van der Waals surface area contributed by atoms with Crippen LogP contribution in [0.25, 0.3) is 6.08 Å². The van der Waals surface area contributed by atoms with E-state index in [9.17, 15) is 9.59 Å². The molecule has 7 heteroatoms. The first kappa shape index (κ1) is 19.7. The number of carbonyl (C=O) groups excluding carboxylic acids is 2. The van der Waals surface area contributed by atoms with Crippen LogP contribution in [0.2, 0.25) is 0 Å². The third-order valence-corrected chi connectivity index (χ3v) is 3.48. The molecule has 0 saturated heterocycles. The fourth-order valence-electron chi connectivity index (χ4n) is 2.22. The molecule has 0 aromatic heterocycles. The Hall–Kier alpha value is -3.61. The van der Waals surface area contributed by atoms with Crippen LogP contribution in [0.3, 0.4) is 0 Å². The van der Waals surface area contributed by atoms with Gasteiger partial charge in [0.25, 0.3) is 5.91 Å². The first-order valence-electron chi connectivity index (χ1n) is 8.37. The summed E-state index contributed by atoms with van der Waals surface area (Å²) in [6, 6.07) is 16.7. The van der Waals surface area contributed by atoms with E-state index in [1.807, 2.05) is 54.6 Å². The van der Waals surface area contributed by atoms with Gasteiger partial charge in [0.05, 0.1) is 0 Å². The number of carbonyl (C=O) groups is 2. The van der Waals surface area contributed by atoms with E-state index in [1.165, 1.54) is 0 Å². The Morgan fingerprint density at radius 3 is 2.59 bits per heavy atom. The number of rotatable bonds is 8. The number of alkyl carbamates (subject to hydrolysis) is 1. The molecule has 0 bridgehead atoms. The Morgan fingerprint density at radius 1 is 1.07 bits per heavy atom. The predicted octanol–water partition coefficient (Wildman–Crippen LogP) is 3.41. The van der Waals surface area contributed by atoms with Crippen molar-refractivity contribution in [2.75, 3.05) is 11.9 Å². The van der Waals surface area contributed by atoms with Crippen molar-refractivity contribution < 1.29 is 19.5 Å². The van der Waals surface area contributed by atoms with Crippen LogP contribution in [-0.4, -0.2) is 30.0 Å². The molecule has 0 saturated carbocycles. The molecule has 2 aromatic carbocycles. The van der Waals surface area contributed by atoms with Crippen molar-refractivity contribution >= 4 is 30.0 Å². The van der Waals surface area contributed by atoms with Gasteiger partial charge in [-0.2, -0.15) is 0 Å². The van der Waals surface area contributed by atoms with Crippen molar-refractivity contribution in [3.63, 3.8) is 0 Å². The maximum absolute atomic E-state index is 11.6. The molecule has 0 aliphatic heterocycles. The molecule has 7 nitrogen and oxygen atoms in total. The van der Waals surface area contributed by atoms with Gasteiger partial charge in [-0.25, -0.2) is 4.79 Å². The zero-order valence-corrected chi connectivity index (χ0v) is 14.7.